The lowest BCUT2D eigenvalue weighted by Gasteiger charge is -2.25. The predicted molar refractivity (Wildman–Crippen MR) is 63.3 cm³/mol. The van der Waals surface area contributed by atoms with Crippen molar-refractivity contribution in [3.63, 3.8) is 0 Å². The SMILES string of the molecule is CC(=O)C[C@@H](c1ccccn1)C(C)(C)[N+](=O)[O-]. The maximum atomic E-state index is 11.2. The second-order valence-corrected chi connectivity index (χ2v) is 4.62. The zero-order valence-corrected chi connectivity index (χ0v) is 10.2. The summed E-state index contributed by atoms with van der Waals surface area (Å²) < 4.78 is 0. The number of hydrogen-bond donors (Lipinski definition) is 0. The lowest BCUT2D eigenvalue weighted by atomic mass is 9.81. The van der Waals surface area contributed by atoms with Gasteiger partial charge in [0.15, 0.2) is 0 Å². The summed E-state index contributed by atoms with van der Waals surface area (Å²) in [6.45, 7) is 4.48. The van der Waals surface area contributed by atoms with Crippen LogP contribution in [0.15, 0.2) is 24.4 Å². The minimum Gasteiger partial charge on any atom is -0.300 e. The molecule has 1 rings (SSSR count). The van der Waals surface area contributed by atoms with Gasteiger partial charge in [-0.3, -0.25) is 15.1 Å². The van der Waals surface area contributed by atoms with Crippen LogP contribution in [-0.2, 0) is 4.79 Å². The average Bonchev–Trinajstić information content (AvgIpc) is 2.26. The van der Waals surface area contributed by atoms with E-state index in [0.29, 0.717) is 5.69 Å². The first-order chi connectivity index (χ1) is 7.85. The van der Waals surface area contributed by atoms with Gasteiger partial charge in [-0.2, -0.15) is 0 Å². The quantitative estimate of drug-likeness (QED) is 0.580. The van der Waals surface area contributed by atoms with Gasteiger partial charge in [0.2, 0.25) is 5.54 Å². The molecule has 17 heavy (non-hydrogen) atoms. The monoisotopic (exact) mass is 236 g/mol. The molecule has 0 radical (unpaired) electrons. The van der Waals surface area contributed by atoms with Crippen LogP contribution in [0.5, 0.6) is 0 Å². The van der Waals surface area contributed by atoms with Crippen molar-refractivity contribution in [2.75, 3.05) is 0 Å². The van der Waals surface area contributed by atoms with Gasteiger partial charge in [-0.15, -0.1) is 0 Å². The van der Waals surface area contributed by atoms with Crippen molar-refractivity contribution in [1.29, 1.82) is 0 Å². The topological polar surface area (TPSA) is 73.1 Å². The van der Waals surface area contributed by atoms with E-state index in [2.05, 4.69) is 4.98 Å². The van der Waals surface area contributed by atoms with E-state index in [9.17, 15) is 14.9 Å². The number of ketones is 1. The zero-order chi connectivity index (χ0) is 13.1. The third-order valence-corrected chi connectivity index (χ3v) is 2.86. The summed E-state index contributed by atoms with van der Waals surface area (Å²) in [6, 6.07) is 5.23. The van der Waals surface area contributed by atoms with Gasteiger partial charge < -0.3 is 4.79 Å². The Morgan fingerprint density at radius 2 is 2.18 bits per heavy atom. The van der Waals surface area contributed by atoms with Crippen LogP contribution in [0.25, 0.3) is 0 Å². The average molecular weight is 236 g/mol. The van der Waals surface area contributed by atoms with E-state index in [1.54, 1.807) is 24.4 Å². The third-order valence-electron chi connectivity index (χ3n) is 2.86. The maximum absolute atomic E-state index is 11.2. The van der Waals surface area contributed by atoms with Gasteiger partial charge in [0.25, 0.3) is 0 Å². The molecular weight excluding hydrogens is 220 g/mol. The standard InChI is InChI=1S/C12H16N2O3/c1-9(15)8-10(12(2,3)14(16)17)11-6-4-5-7-13-11/h4-7,10H,8H2,1-3H3/t10-/m0/s1. The number of carbonyl (C=O) groups excluding carboxylic acids is 1. The molecule has 0 N–H and O–H groups in total. The highest BCUT2D eigenvalue weighted by atomic mass is 16.6. The summed E-state index contributed by atoms with van der Waals surface area (Å²) in [7, 11) is 0. The predicted octanol–water partition coefficient (Wildman–Crippen LogP) is 2.20. The fraction of sp³-hybridized carbons (Fsp3) is 0.500. The molecule has 1 atom stereocenters. The van der Waals surface area contributed by atoms with Crippen LogP contribution in [0.2, 0.25) is 0 Å². The van der Waals surface area contributed by atoms with Gasteiger partial charge in [-0.1, -0.05) is 6.07 Å². The first-order valence-corrected chi connectivity index (χ1v) is 5.40. The number of Topliss-reactive ketones (excluding diaryl/α,β-unsaturated/α-hetero) is 1. The number of aromatic nitrogens is 1. The van der Waals surface area contributed by atoms with E-state index in [1.807, 2.05) is 0 Å². The molecule has 0 saturated heterocycles. The third kappa shape index (κ3) is 3.09. The summed E-state index contributed by atoms with van der Waals surface area (Å²) in [5.74, 6) is -0.577. The van der Waals surface area contributed by atoms with Gasteiger partial charge in [0.05, 0.1) is 11.6 Å². The van der Waals surface area contributed by atoms with Gasteiger partial charge >= 0.3 is 0 Å². The molecule has 0 spiro atoms. The van der Waals surface area contributed by atoms with Crippen molar-refractivity contribution >= 4 is 5.78 Å². The molecule has 5 nitrogen and oxygen atoms in total. The minimum atomic E-state index is -1.21. The fourth-order valence-electron chi connectivity index (χ4n) is 1.71. The number of nitro groups is 1. The molecule has 0 saturated carbocycles. The van der Waals surface area contributed by atoms with Crippen LogP contribution in [0.1, 0.15) is 38.8 Å². The van der Waals surface area contributed by atoms with Crippen molar-refractivity contribution < 1.29 is 9.72 Å². The van der Waals surface area contributed by atoms with Crippen LogP contribution in [0.3, 0.4) is 0 Å². The minimum absolute atomic E-state index is 0.0735. The van der Waals surface area contributed by atoms with Crippen LogP contribution in [0, 0.1) is 10.1 Å². The molecule has 0 fully saturated rings. The van der Waals surface area contributed by atoms with Gasteiger partial charge in [-0.25, -0.2) is 0 Å². The molecule has 1 aromatic heterocycles. The summed E-state index contributed by atoms with van der Waals surface area (Å²) in [5.41, 5.74) is -0.621. The number of pyridine rings is 1. The van der Waals surface area contributed by atoms with Gasteiger partial charge in [-0.05, 0) is 19.1 Å². The lowest BCUT2D eigenvalue weighted by Crippen LogP contribution is -2.39. The number of carbonyl (C=O) groups is 1. The van der Waals surface area contributed by atoms with Gasteiger partial charge in [0.1, 0.15) is 5.78 Å². The Kier molecular flexibility index (Phi) is 3.93. The van der Waals surface area contributed by atoms with E-state index in [-0.39, 0.29) is 17.1 Å². The second kappa shape index (κ2) is 5.03. The number of nitrogens with zero attached hydrogens (tertiary/aromatic N) is 2. The van der Waals surface area contributed by atoms with Gasteiger partial charge in [0, 0.05) is 31.4 Å². The highest BCUT2D eigenvalue weighted by Crippen LogP contribution is 2.32. The highest BCUT2D eigenvalue weighted by Gasteiger charge is 2.43. The smallest absolute Gasteiger partial charge is 0.225 e. The highest BCUT2D eigenvalue weighted by molar-refractivity contribution is 5.76. The second-order valence-electron chi connectivity index (χ2n) is 4.62. The summed E-state index contributed by atoms with van der Waals surface area (Å²) in [5, 5.41) is 11.1. The number of hydrogen-bond acceptors (Lipinski definition) is 4. The Labute approximate surface area is 100 Å². The Balaban J connectivity index is 3.13. The van der Waals surface area contributed by atoms with Crippen molar-refractivity contribution in [3.05, 3.63) is 40.2 Å². The molecular formula is C12H16N2O3. The van der Waals surface area contributed by atoms with E-state index in [1.165, 1.54) is 20.8 Å². The molecule has 0 bridgehead atoms. The summed E-state index contributed by atoms with van der Waals surface area (Å²) in [6.07, 6.45) is 1.71. The lowest BCUT2D eigenvalue weighted by molar-refractivity contribution is -0.565. The van der Waals surface area contributed by atoms with E-state index in [4.69, 9.17) is 0 Å². The first kappa shape index (κ1) is 13.3. The Morgan fingerprint density at radius 1 is 1.53 bits per heavy atom. The van der Waals surface area contributed by atoms with Crippen molar-refractivity contribution in [1.82, 2.24) is 4.98 Å². The molecule has 5 heteroatoms. The molecule has 0 aliphatic rings. The van der Waals surface area contributed by atoms with Crippen LogP contribution in [0.4, 0.5) is 0 Å². The van der Waals surface area contributed by atoms with Crippen molar-refractivity contribution in [2.45, 2.75) is 38.6 Å². The summed E-state index contributed by atoms with van der Waals surface area (Å²) >= 11 is 0. The molecule has 0 aromatic carbocycles. The maximum Gasteiger partial charge on any atom is 0.225 e. The van der Waals surface area contributed by atoms with Crippen LogP contribution in [-0.4, -0.2) is 21.2 Å². The molecule has 0 amide bonds. The Bertz CT molecular complexity index is 415. The molecule has 92 valence electrons. The molecule has 0 aliphatic heterocycles. The van der Waals surface area contributed by atoms with Crippen LogP contribution < -0.4 is 0 Å². The molecule has 0 aliphatic carbocycles. The fourth-order valence-corrected chi connectivity index (χ4v) is 1.71. The molecule has 1 aromatic rings. The summed E-state index contributed by atoms with van der Waals surface area (Å²) in [4.78, 5) is 26.1. The van der Waals surface area contributed by atoms with Crippen LogP contribution >= 0.6 is 0 Å². The normalized spacial score (nSPS) is 13.1. The zero-order valence-electron chi connectivity index (χ0n) is 10.2. The largest absolute Gasteiger partial charge is 0.300 e. The van der Waals surface area contributed by atoms with E-state index >= 15 is 0 Å². The van der Waals surface area contributed by atoms with Crippen molar-refractivity contribution in [3.8, 4) is 0 Å². The molecule has 0 unspecified atom stereocenters. The van der Waals surface area contributed by atoms with Crippen molar-refractivity contribution in [2.24, 2.45) is 0 Å². The Morgan fingerprint density at radius 3 is 2.59 bits per heavy atom. The Hall–Kier alpha value is -1.78. The first-order valence-electron chi connectivity index (χ1n) is 5.40. The molecule has 1 heterocycles. The number of rotatable bonds is 5. The van der Waals surface area contributed by atoms with E-state index in [0.717, 1.165) is 0 Å². The van der Waals surface area contributed by atoms with E-state index < -0.39 is 11.5 Å².